The van der Waals surface area contributed by atoms with Crippen molar-refractivity contribution in [3.05, 3.63) is 88.8 Å². The fraction of sp³-hybridized carbons (Fsp3) is 0.161. The van der Waals surface area contributed by atoms with Crippen molar-refractivity contribution in [3.8, 4) is 33.9 Å². The van der Waals surface area contributed by atoms with Crippen LogP contribution in [0.5, 0.6) is 11.5 Å². The molecule has 0 fully saturated rings. The molecule has 0 unspecified atom stereocenters. The van der Waals surface area contributed by atoms with Gasteiger partial charge in [-0.3, -0.25) is 4.79 Å². The van der Waals surface area contributed by atoms with Crippen LogP contribution in [0.4, 0.5) is 11.4 Å². The number of fused-ring (bicyclic) bond motifs is 1. The largest absolute Gasteiger partial charge is 0.493 e. The van der Waals surface area contributed by atoms with Crippen molar-refractivity contribution in [1.29, 1.82) is 0 Å². The molecule has 0 spiro atoms. The monoisotopic (exact) mass is 523 g/mol. The zero-order valence-corrected chi connectivity index (χ0v) is 22.6. The summed E-state index contributed by atoms with van der Waals surface area (Å²) in [5, 5.41) is 3.72. The van der Waals surface area contributed by atoms with Gasteiger partial charge in [0.25, 0.3) is 5.91 Å². The summed E-state index contributed by atoms with van der Waals surface area (Å²) in [7, 11) is 3.21. The van der Waals surface area contributed by atoms with Crippen LogP contribution in [0.15, 0.2) is 72.8 Å². The smallest absolute Gasteiger partial charge is 0.267 e. The Morgan fingerprint density at radius 1 is 0.921 bits per heavy atom. The molecule has 3 aromatic carbocycles. The third-order valence-electron chi connectivity index (χ3n) is 6.57. The minimum Gasteiger partial charge on any atom is -0.493 e. The Morgan fingerprint density at radius 3 is 2.26 bits per heavy atom. The normalized spacial score (nSPS) is 10.9. The molecule has 7 heteroatoms. The number of thiophene rings is 1. The second-order valence-electron chi connectivity index (χ2n) is 9.02. The summed E-state index contributed by atoms with van der Waals surface area (Å²) < 4.78 is 11.0. The summed E-state index contributed by atoms with van der Waals surface area (Å²) in [6.45, 7) is 4.15. The maximum Gasteiger partial charge on any atom is 0.267 e. The molecule has 0 saturated carbocycles. The lowest BCUT2D eigenvalue weighted by molar-refractivity contribution is 0.103. The van der Waals surface area contributed by atoms with E-state index in [1.807, 2.05) is 60.7 Å². The average Bonchev–Trinajstić information content (AvgIpc) is 3.29. The van der Waals surface area contributed by atoms with Gasteiger partial charge in [-0.1, -0.05) is 55.0 Å². The number of nitrogens with two attached hydrogens (primary N) is 1. The lowest BCUT2D eigenvalue weighted by Gasteiger charge is -2.12. The number of rotatable bonds is 7. The number of aromatic nitrogens is 1. The highest BCUT2D eigenvalue weighted by molar-refractivity contribution is 7.21. The fourth-order valence-electron chi connectivity index (χ4n) is 4.40. The summed E-state index contributed by atoms with van der Waals surface area (Å²) in [6.07, 6.45) is 0.936. The molecule has 3 N–H and O–H groups in total. The molecule has 0 aliphatic carbocycles. The van der Waals surface area contributed by atoms with E-state index in [-0.39, 0.29) is 5.91 Å². The number of benzene rings is 3. The highest BCUT2D eigenvalue weighted by Crippen LogP contribution is 2.43. The SMILES string of the molecule is CCc1ccc(NC(=O)c2sc3nc(-c4ccc(C)cc4)cc(-c4ccc(OC)c(OC)c4)c3c2N)cc1. The Balaban J connectivity index is 1.66. The summed E-state index contributed by atoms with van der Waals surface area (Å²) in [4.78, 5) is 19.4. The maximum absolute atomic E-state index is 13.3. The molecule has 5 aromatic rings. The standard InChI is InChI=1S/C31H29N3O3S/c1-5-19-8-13-22(14-9-19)33-30(35)29-28(32)27-23(21-12-15-25(36-3)26(16-21)37-4)17-24(34-31(27)38-29)20-10-6-18(2)7-11-20/h6-17H,5,32H2,1-4H3,(H,33,35). The van der Waals surface area contributed by atoms with Crippen LogP contribution in [-0.4, -0.2) is 25.1 Å². The van der Waals surface area contributed by atoms with Crippen molar-refractivity contribution in [3.63, 3.8) is 0 Å². The van der Waals surface area contributed by atoms with Gasteiger partial charge >= 0.3 is 0 Å². The Hall–Kier alpha value is -4.36. The van der Waals surface area contributed by atoms with Crippen molar-refractivity contribution in [1.82, 2.24) is 4.98 Å². The third-order valence-corrected chi connectivity index (χ3v) is 7.67. The number of nitrogens with zero attached hydrogens (tertiary/aromatic N) is 1. The second kappa shape index (κ2) is 10.6. The number of methoxy groups -OCH3 is 2. The van der Waals surface area contributed by atoms with E-state index in [0.29, 0.717) is 26.9 Å². The quantitative estimate of drug-likeness (QED) is 0.233. The average molecular weight is 524 g/mol. The summed E-state index contributed by atoms with van der Waals surface area (Å²) in [5.41, 5.74) is 13.7. The minimum atomic E-state index is -0.259. The number of amides is 1. The number of aryl methyl sites for hydroxylation is 2. The van der Waals surface area contributed by atoms with Gasteiger partial charge in [0.1, 0.15) is 9.71 Å². The summed E-state index contributed by atoms with van der Waals surface area (Å²) >= 11 is 1.29. The van der Waals surface area contributed by atoms with Crippen LogP contribution in [0.25, 0.3) is 32.6 Å². The lowest BCUT2D eigenvalue weighted by Crippen LogP contribution is -2.11. The van der Waals surface area contributed by atoms with E-state index in [1.54, 1.807) is 14.2 Å². The van der Waals surface area contributed by atoms with Gasteiger partial charge in [-0.2, -0.15) is 0 Å². The van der Waals surface area contributed by atoms with Gasteiger partial charge in [-0.05, 0) is 60.4 Å². The summed E-state index contributed by atoms with van der Waals surface area (Å²) in [5.74, 6) is 0.979. The van der Waals surface area contributed by atoms with Crippen molar-refractivity contribution in [2.24, 2.45) is 0 Å². The predicted octanol–water partition coefficient (Wildman–Crippen LogP) is 7.35. The maximum atomic E-state index is 13.3. The van der Waals surface area contributed by atoms with Gasteiger partial charge < -0.3 is 20.5 Å². The molecule has 5 rings (SSSR count). The van der Waals surface area contributed by atoms with E-state index < -0.39 is 0 Å². The fourth-order valence-corrected chi connectivity index (χ4v) is 5.42. The van der Waals surface area contributed by atoms with Gasteiger partial charge in [0, 0.05) is 16.6 Å². The lowest BCUT2D eigenvalue weighted by atomic mass is 9.98. The van der Waals surface area contributed by atoms with Crippen LogP contribution in [0.1, 0.15) is 27.7 Å². The van der Waals surface area contributed by atoms with Crippen LogP contribution >= 0.6 is 11.3 Å². The van der Waals surface area contributed by atoms with Gasteiger partial charge in [0.05, 0.1) is 25.6 Å². The zero-order chi connectivity index (χ0) is 26.8. The van der Waals surface area contributed by atoms with Crippen LogP contribution < -0.4 is 20.5 Å². The van der Waals surface area contributed by atoms with E-state index in [0.717, 1.165) is 39.9 Å². The van der Waals surface area contributed by atoms with E-state index in [4.69, 9.17) is 20.2 Å². The first kappa shape index (κ1) is 25.3. The molecule has 2 aromatic heterocycles. The van der Waals surface area contributed by atoms with Crippen LogP contribution in [0.2, 0.25) is 0 Å². The van der Waals surface area contributed by atoms with E-state index in [2.05, 4.69) is 31.3 Å². The molecule has 192 valence electrons. The highest BCUT2D eigenvalue weighted by atomic mass is 32.1. The Bertz CT molecular complexity index is 1620. The summed E-state index contributed by atoms with van der Waals surface area (Å²) in [6, 6.07) is 23.8. The van der Waals surface area contributed by atoms with E-state index >= 15 is 0 Å². The number of carbonyl (C=O) groups is 1. The number of hydrogen-bond acceptors (Lipinski definition) is 6. The molecule has 6 nitrogen and oxygen atoms in total. The number of carbonyl (C=O) groups excluding carboxylic acids is 1. The number of anilines is 2. The molecule has 0 saturated heterocycles. The zero-order valence-electron chi connectivity index (χ0n) is 21.8. The molecule has 0 bridgehead atoms. The molecule has 38 heavy (non-hydrogen) atoms. The van der Waals surface area contributed by atoms with Crippen molar-refractivity contribution >= 4 is 38.8 Å². The molecule has 1 amide bonds. The number of ether oxygens (including phenoxy) is 2. The first-order valence-corrected chi connectivity index (χ1v) is 13.2. The van der Waals surface area contributed by atoms with Gasteiger partial charge in [0.15, 0.2) is 11.5 Å². The first-order valence-electron chi connectivity index (χ1n) is 12.3. The molecule has 0 aliphatic heterocycles. The van der Waals surface area contributed by atoms with Crippen LogP contribution in [0.3, 0.4) is 0 Å². The topological polar surface area (TPSA) is 86.5 Å². The highest BCUT2D eigenvalue weighted by Gasteiger charge is 2.22. The van der Waals surface area contributed by atoms with E-state index in [1.165, 1.54) is 22.5 Å². The number of pyridine rings is 1. The van der Waals surface area contributed by atoms with Crippen molar-refractivity contribution < 1.29 is 14.3 Å². The van der Waals surface area contributed by atoms with Crippen molar-refractivity contribution in [2.45, 2.75) is 20.3 Å². The minimum absolute atomic E-state index is 0.259. The van der Waals surface area contributed by atoms with Crippen molar-refractivity contribution in [2.75, 3.05) is 25.3 Å². The predicted molar refractivity (Wildman–Crippen MR) is 157 cm³/mol. The number of nitrogens with one attached hydrogen (secondary N) is 1. The van der Waals surface area contributed by atoms with Gasteiger partial charge in [0.2, 0.25) is 0 Å². The Kier molecular flexibility index (Phi) is 7.03. The molecular formula is C31H29N3O3S. The van der Waals surface area contributed by atoms with E-state index in [9.17, 15) is 4.79 Å². The number of nitrogen functional groups attached to an aromatic ring is 1. The van der Waals surface area contributed by atoms with Gasteiger partial charge in [-0.15, -0.1) is 11.3 Å². The van der Waals surface area contributed by atoms with Gasteiger partial charge in [-0.25, -0.2) is 4.98 Å². The molecule has 0 aliphatic rings. The van der Waals surface area contributed by atoms with Crippen LogP contribution in [0, 0.1) is 6.92 Å². The number of hydrogen-bond donors (Lipinski definition) is 2. The Morgan fingerprint density at radius 2 is 1.61 bits per heavy atom. The third kappa shape index (κ3) is 4.80. The molecular weight excluding hydrogens is 494 g/mol. The molecule has 0 radical (unpaired) electrons. The Labute approximate surface area is 226 Å². The second-order valence-corrected chi connectivity index (χ2v) is 10.0. The van der Waals surface area contributed by atoms with Crippen LogP contribution in [-0.2, 0) is 6.42 Å². The molecule has 0 atom stereocenters. The molecule has 2 heterocycles. The first-order chi connectivity index (χ1) is 18.4.